The summed E-state index contributed by atoms with van der Waals surface area (Å²) in [5.41, 5.74) is 13.0. The van der Waals surface area contributed by atoms with E-state index in [2.05, 4.69) is 30.3 Å². The van der Waals surface area contributed by atoms with Gasteiger partial charge in [-0.25, -0.2) is 4.98 Å². The van der Waals surface area contributed by atoms with E-state index in [-0.39, 0.29) is 0 Å². The average Bonchev–Trinajstić information content (AvgIpc) is 2.76. The van der Waals surface area contributed by atoms with E-state index in [9.17, 15) is 0 Å². The van der Waals surface area contributed by atoms with Gasteiger partial charge in [-0.1, -0.05) is 12.1 Å². The first-order chi connectivity index (χ1) is 13.8. The van der Waals surface area contributed by atoms with E-state index in [0.29, 0.717) is 0 Å². The molecule has 0 saturated heterocycles. The lowest BCUT2D eigenvalue weighted by atomic mass is 9.84. The quantitative estimate of drug-likeness (QED) is 0.613. The number of aryl methyl sites for hydroxylation is 6. The summed E-state index contributed by atoms with van der Waals surface area (Å²) in [6.45, 7) is 0. The predicted molar refractivity (Wildman–Crippen MR) is 111 cm³/mol. The van der Waals surface area contributed by atoms with Crippen LogP contribution in [0.5, 0.6) is 5.75 Å². The number of benzene rings is 1. The Morgan fingerprint density at radius 1 is 0.643 bits per heavy atom. The Labute approximate surface area is 165 Å². The number of aromatic nitrogens is 2. The summed E-state index contributed by atoms with van der Waals surface area (Å²) in [5, 5.41) is 0. The van der Waals surface area contributed by atoms with Crippen molar-refractivity contribution in [3.05, 3.63) is 63.8 Å². The zero-order valence-corrected chi connectivity index (χ0v) is 16.3. The minimum Gasteiger partial charge on any atom is -0.497 e. The summed E-state index contributed by atoms with van der Waals surface area (Å²) < 4.78 is 5.43. The topological polar surface area (TPSA) is 35.0 Å². The van der Waals surface area contributed by atoms with Gasteiger partial charge >= 0.3 is 0 Å². The lowest BCUT2D eigenvalue weighted by Gasteiger charge is -2.26. The summed E-state index contributed by atoms with van der Waals surface area (Å²) >= 11 is 0. The van der Waals surface area contributed by atoms with Crippen LogP contribution in [0.3, 0.4) is 0 Å². The number of hydrogen-bond acceptors (Lipinski definition) is 3. The highest BCUT2D eigenvalue weighted by Crippen LogP contribution is 2.40. The second kappa shape index (κ2) is 6.16. The highest BCUT2D eigenvalue weighted by molar-refractivity contribution is 5.76. The maximum atomic E-state index is 5.43. The van der Waals surface area contributed by atoms with Gasteiger partial charge in [0.2, 0.25) is 0 Å². The number of nitrogens with zero attached hydrogens (tertiary/aromatic N) is 2. The van der Waals surface area contributed by atoms with Crippen LogP contribution in [0.2, 0.25) is 0 Å². The first-order valence-electron chi connectivity index (χ1n) is 10.5. The van der Waals surface area contributed by atoms with E-state index in [0.717, 1.165) is 54.9 Å². The third kappa shape index (κ3) is 2.42. The summed E-state index contributed by atoms with van der Waals surface area (Å²) in [4.78, 5) is 10.4. The number of rotatable bonds is 1. The molecule has 0 unspecified atom stereocenters. The van der Waals surface area contributed by atoms with E-state index < -0.39 is 0 Å². The molecule has 0 saturated carbocycles. The van der Waals surface area contributed by atoms with Crippen molar-refractivity contribution < 1.29 is 4.74 Å². The average molecular weight is 368 g/mol. The summed E-state index contributed by atoms with van der Waals surface area (Å²) in [6.07, 6.45) is 9.16. The van der Waals surface area contributed by atoms with Crippen LogP contribution < -0.4 is 4.74 Å². The van der Waals surface area contributed by atoms with Gasteiger partial charge < -0.3 is 4.74 Å². The molecule has 2 heterocycles. The van der Waals surface area contributed by atoms with Crippen molar-refractivity contribution in [3.63, 3.8) is 0 Å². The zero-order chi connectivity index (χ0) is 18.7. The lowest BCUT2D eigenvalue weighted by molar-refractivity contribution is 0.414. The molecule has 3 aliphatic rings. The number of pyridine rings is 2. The van der Waals surface area contributed by atoms with Gasteiger partial charge in [0.1, 0.15) is 5.75 Å². The monoisotopic (exact) mass is 368 g/mol. The number of hydrogen-bond donors (Lipinski definition) is 0. The molecule has 0 radical (unpaired) electrons. The summed E-state index contributed by atoms with van der Waals surface area (Å²) in [6, 6.07) is 11.2. The maximum Gasteiger partial charge on any atom is 0.119 e. The second-order valence-corrected chi connectivity index (χ2v) is 8.34. The van der Waals surface area contributed by atoms with Gasteiger partial charge in [0.25, 0.3) is 0 Å². The molecule has 3 aromatic rings. The van der Waals surface area contributed by atoms with Gasteiger partial charge in [0, 0.05) is 11.3 Å². The van der Waals surface area contributed by atoms with Crippen LogP contribution in [0.4, 0.5) is 0 Å². The molecule has 1 aromatic carbocycles. The molecule has 0 atom stereocenters. The van der Waals surface area contributed by atoms with E-state index in [1.807, 2.05) is 0 Å². The number of ether oxygens (including phenoxy) is 1. The van der Waals surface area contributed by atoms with Gasteiger partial charge in [0.15, 0.2) is 0 Å². The molecule has 2 aromatic heterocycles. The van der Waals surface area contributed by atoms with Gasteiger partial charge in [-0.3, -0.25) is 4.98 Å². The molecule has 0 fully saturated rings. The Balaban J connectivity index is 1.53. The van der Waals surface area contributed by atoms with Crippen molar-refractivity contribution in [2.75, 3.05) is 7.11 Å². The first-order valence-corrected chi connectivity index (χ1v) is 10.5. The third-order valence-electron chi connectivity index (χ3n) is 6.68. The molecule has 0 spiro atoms. The van der Waals surface area contributed by atoms with E-state index in [4.69, 9.17) is 14.7 Å². The molecule has 0 N–H and O–H groups in total. The van der Waals surface area contributed by atoms with Crippen molar-refractivity contribution in [2.24, 2.45) is 0 Å². The van der Waals surface area contributed by atoms with Crippen molar-refractivity contribution in [1.82, 2.24) is 9.97 Å². The molecule has 3 heteroatoms. The molecule has 0 amide bonds. The van der Waals surface area contributed by atoms with Crippen molar-refractivity contribution in [1.29, 1.82) is 0 Å². The number of fused-ring (bicyclic) bond motifs is 7. The minimum atomic E-state index is 0.929. The van der Waals surface area contributed by atoms with Crippen LogP contribution >= 0.6 is 0 Å². The van der Waals surface area contributed by atoms with Crippen LogP contribution in [-0.2, 0) is 38.5 Å². The van der Waals surface area contributed by atoms with Gasteiger partial charge in [-0.15, -0.1) is 0 Å². The molecule has 28 heavy (non-hydrogen) atoms. The minimum absolute atomic E-state index is 0.929. The van der Waals surface area contributed by atoms with Crippen molar-refractivity contribution in [2.45, 2.75) is 51.4 Å². The standard InChI is InChI=1S/C25H24N2O/c1-28-20-10-11-21-15(14-20)6-7-17-13-19-9-8-18-12-16-4-2-3-5-22(16)26-24(18)25(19)27-23(17)21/h10-14H,2-9H2,1H3. The Morgan fingerprint density at radius 2 is 1.32 bits per heavy atom. The van der Waals surface area contributed by atoms with E-state index in [1.54, 1.807) is 7.11 Å². The zero-order valence-electron chi connectivity index (χ0n) is 16.3. The molecule has 3 aliphatic carbocycles. The highest BCUT2D eigenvalue weighted by atomic mass is 16.5. The van der Waals surface area contributed by atoms with Crippen LogP contribution in [0, 0.1) is 0 Å². The molecule has 6 rings (SSSR count). The van der Waals surface area contributed by atoms with Gasteiger partial charge in [-0.05, 0) is 97.4 Å². The predicted octanol–water partition coefficient (Wildman–Crippen LogP) is 4.90. The van der Waals surface area contributed by atoms with Crippen molar-refractivity contribution in [3.8, 4) is 28.4 Å². The van der Waals surface area contributed by atoms with Gasteiger partial charge in [-0.2, -0.15) is 0 Å². The normalized spacial score (nSPS) is 16.3. The highest BCUT2D eigenvalue weighted by Gasteiger charge is 2.26. The first kappa shape index (κ1) is 16.3. The SMILES string of the molecule is COc1ccc2c(c1)CCc1cc3c(nc1-2)-c1nc2c(cc1CC3)CCCC2. The Bertz CT molecular complexity index is 1120. The fourth-order valence-corrected chi connectivity index (χ4v) is 5.17. The fraction of sp³-hybridized carbons (Fsp3) is 0.360. The molecule has 140 valence electrons. The summed E-state index contributed by atoms with van der Waals surface area (Å²) in [7, 11) is 1.73. The second-order valence-electron chi connectivity index (χ2n) is 8.34. The maximum absolute atomic E-state index is 5.43. The molecule has 0 bridgehead atoms. The molecular formula is C25H24N2O. The Morgan fingerprint density at radius 3 is 2.14 bits per heavy atom. The van der Waals surface area contributed by atoms with Crippen LogP contribution in [0.1, 0.15) is 46.4 Å². The lowest BCUT2D eigenvalue weighted by Crippen LogP contribution is -2.15. The Hall–Kier alpha value is -2.68. The van der Waals surface area contributed by atoms with E-state index in [1.165, 1.54) is 58.3 Å². The largest absolute Gasteiger partial charge is 0.497 e. The van der Waals surface area contributed by atoms with Crippen LogP contribution in [0.25, 0.3) is 22.6 Å². The molecule has 3 nitrogen and oxygen atoms in total. The van der Waals surface area contributed by atoms with Crippen LogP contribution in [0.15, 0.2) is 30.3 Å². The molecular weight excluding hydrogens is 344 g/mol. The fourth-order valence-electron chi connectivity index (χ4n) is 5.17. The van der Waals surface area contributed by atoms with Crippen LogP contribution in [-0.4, -0.2) is 17.1 Å². The Kier molecular flexibility index (Phi) is 3.59. The number of methoxy groups -OCH3 is 1. The van der Waals surface area contributed by atoms with Crippen molar-refractivity contribution >= 4 is 0 Å². The summed E-state index contributed by atoms with van der Waals surface area (Å²) in [5.74, 6) is 0.929. The molecule has 0 aliphatic heterocycles. The smallest absolute Gasteiger partial charge is 0.119 e. The third-order valence-corrected chi connectivity index (χ3v) is 6.68. The van der Waals surface area contributed by atoms with Gasteiger partial charge in [0.05, 0.1) is 24.2 Å². The van der Waals surface area contributed by atoms with E-state index >= 15 is 0 Å².